The lowest BCUT2D eigenvalue weighted by atomic mass is 9.94. The topological polar surface area (TPSA) is 58.4 Å². The molecule has 0 aromatic heterocycles. The summed E-state index contributed by atoms with van der Waals surface area (Å²) in [6.07, 6.45) is 5.32. The highest BCUT2D eigenvalue weighted by Gasteiger charge is 2.27. The van der Waals surface area contributed by atoms with Crippen molar-refractivity contribution in [3.8, 4) is 0 Å². The molecular weight excluding hydrogens is 262 g/mol. The molecule has 0 radical (unpaired) electrons. The highest BCUT2D eigenvalue weighted by molar-refractivity contribution is 5.79. The number of nitrogens with two attached hydrogens (primary N) is 1. The van der Waals surface area contributed by atoms with Crippen molar-refractivity contribution < 1.29 is 4.79 Å². The van der Waals surface area contributed by atoms with Gasteiger partial charge in [0.05, 0.1) is 5.92 Å². The number of nitrogens with one attached hydrogen (secondary N) is 1. The molecule has 1 atom stereocenters. The minimum atomic E-state index is -0.107. The van der Waals surface area contributed by atoms with E-state index in [1.54, 1.807) is 0 Å². The van der Waals surface area contributed by atoms with Gasteiger partial charge in [0.1, 0.15) is 0 Å². The van der Waals surface area contributed by atoms with Crippen molar-refractivity contribution in [1.82, 2.24) is 5.32 Å². The average Bonchev–Trinajstić information content (AvgIpc) is 3.28. The van der Waals surface area contributed by atoms with Crippen LogP contribution in [0.4, 0.5) is 5.69 Å². The molecule has 2 aliphatic rings. The summed E-state index contributed by atoms with van der Waals surface area (Å²) in [4.78, 5) is 14.5. The summed E-state index contributed by atoms with van der Waals surface area (Å²) in [7, 11) is 2.14. The lowest BCUT2D eigenvalue weighted by molar-refractivity contribution is -0.124. The van der Waals surface area contributed by atoms with Crippen LogP contribution in [0.25, 0.3) is 0 Å². The molecule has 4 nitrogen and oxygen atoms in total. The zero-order chi connectivity index (χ0) is 14.8. The van der Waals surface area contributed by atoms with Crippen LogP contribution in [0, 0.1) is 5.92 Å². The maximum Gasteiger partial charge on any atom is 0.224 e. The van der Waals surface area contributed by atoms with E-state index in [1.807, 2.05) is 0 Å². The van der Waals surface area contributed by atoms with Gasteiger partial charge in [0, 0.05) is 31.9 Å². The molecule has 1 fully saturated rings. The lowest BCUT2D eigenvalue weighted by Gasteiger charge is -2.28. The highest BCUT2D eigenvalue weighted by Crippen LogP contribution is 2.27. The summed E-state index contributed by atoms with van der Waals surface area (Å²) in [6.45, 7) is 1.54. The minimum Gasteiger partial charge on any atom is -0.374 e. The van der Waals surface area contributed by atoms with E-state index in [4.69, 9.17) is 5.73 Å². The zero-order valence-corrected chi connectivity index (χ0v) is 12.8. The summed E-state index contributed by atoms with van der Waals surface area (Å²) in [6, 6.07) is 7.01. The molecule has 114 valence electrons. The van der Waals surface area contributed by atoms with Crippen LogP contribution in [0.15, 0.2) is 18.2 Å². The Kier molecular flexibility index (Phi) is 4.15. The molecule has 0 spiro atoms. The van der Waals surface area contributed by atoms with Crippen molar-refractivity contribution in [3.05, 3.63) is 29.3 Å². The van der Waals surface area contributed by atoms with E-state index in [0.29, 0.717) is 12.6 Å². The second kappa shape index (κ2) is 6.06. The Morgan fingerprint density at radius 2 is 2.29 bits per heavy atom. The Morgan fingerprint density at radius 3 is 3.00 bits per heavy atom. The van der Waals surface area contributed by atoms with Crippen molar-refractivity contribution in [2.45, 2.75) is 38.1 Å². The second-order valence-corrected chi connectivity index (χ2v) is 6.41. The standard InChI is InChI=1S/C17H25N3O/c1-20-8-2-3-13-9-12(4-7-16(13)20)10-14(11-18)17(21)19-15-5-6-15/h4,7,9,14-15H,2-3,5-6,8,10-11,18H2,1H3,(H,19,21). The summed E-state index contributed by atoms with van der Waals surface area (Å²) in [5.41, 5.74) is 9.77. The number of fused-ring (bicyclic) bond motifs is 1. The first-order valence-corrected chi connectivity index (χ1v) is 8.00. The molecule has 1 aliphatic heterocycles. The molecule has 1 aromatic rings. The van der Waals surface area contributed by atoms with Gasteiger partial charge in [-0.3, -0.25) is 4.79 Å². The van der Waals surface area contributed by atoms with Crippen molar-refractivity contribution in [1.29, 1.82) is 0 Å². The van der Waals surface area contributed by atoms with Crippen LogP contribution >= 0.6 is 0 Å². The number of benzene rings is 1. The van der Waals surface area contributed by atoms with Gasteiger partial charge in [0.25, 0.3) is 0 Å². The Morgan fingerprint density at radius 1 is 1.48 bits per heavy atom. The number of anilines is 1. The number of hydrogen-bond acceptors (Lipinski definition) is 3. The average molecular weight is 287 g/mol. The van der Waals surface area contributed by atoms with Crippen LogP contribution in [0.2, 0.25) is 0 Å². The molecular formula is C17H25N3O. The monoisotopic (exact) mass is 287 g/mol. The van der Waals surface area contributed by atoms with Crippen LogP contribution < -0.4 is 16.0 Å². The van der Waals surface area contributed by atoms with E-state index < -0.39 is 0 Å². The van der Waals surface area contributed by atoms with E-state index in [0.717, 1.165) is 32.2 Å². The minimum absolute atomic E-state index is 0.107. The summed E-state index contributed by atoms with van der Waals surface area (Å²) in [5.74, 6) is 0.0137. The van der Waals surface area contributed by atoms with Gasteiger partial charge in [-0.15, -0.1) is 0 Å². The largest absolute Gasteiger partial charge is 0.374 e. The summed E-state index contributed by atoms with van der Waals surface area (Å²) < 4.78 is 0. The number of carbonyl (C=O) groups is 1. The third kappa shape index (κ3) is 3.38. The number of aryl methyl sites for hydroxylation is 1. The van der Waals surface area contributed by atoms with Crippen LogP contribution in [0.3, 0.4) is 0 Å². The Hall–Kier alpha value is -1.55. The van der Waals surface area contributed by atoms with E-state index in [-0.39, 0.29) is 11.8 Å². The van der Waals surface area contributed by atoms with E-state index >= 15 is 0 Å². The Labute approximate surface area is 126 Å². The van der Waals surface area contributed by atoms with Crippen molar-refractivity contribution in [3.63, 3.8) is 0 Å². The maximum atomic E-state index is 12.2. The van der Waals surface area contributed by atoms with Crippen molar-refractivity contribution in [2.24, 2.45) is 11.7 Å². The van der Waals surface area contributed by atoms with Gasteiger partial charge in [0.2, 0.25) is 5.91 Å². The van der Waals surface area contributed by atoms with E-state index in [9.17, 15) is 4.79 Å². The molecule has 0 saturated heterocycles. The zero-order valence-electron chi connectivity index (χ0n) is 12.8. The first kappa shape index (κ1) is 14.4. The number of nitrogens with zero attached hydrogens (tertiary/aromatic N) is 1. The molecule has 1 heterocycles. The molecule has 3 N–H and O–H groups in total. The number of hydrogen-bond donors (Lipinski definition) is 2. The predicted octanol–water partition coefficient (Wildman–Crippen LogP) is 1.47. The SMILES string of the molecule is CN1CCCc2cc(CC(CN)C(=O)NC3CC3)ccc21. The lowest BCUT2D eigenvalue weighted by Crippen LogP contribution is -2.37. The molecule has 1 saturated carbocycles. The molecule has 0 bridgehead atoms. The maximum absolute atomic E-state index is 12.2. The molecule has 1 amide bonds. The molecule has 21 heavy (non-hydrogen) atoms. The fourth-order valence-electron chi connectivity index (χ4n) is 3.08. The summed E-state index contributed by atoms with van der Waals surface area (Å²) in [5, 5.41) is 3.07. The third-order valence-corrected chi connectivity index (χ3v) is 4.56. The van der Waals surface area contributed by atoms with Gasteiger partial charge in [-0.25, -0.2) is 0 Å². The normalized spacial score (nSPS) is 19.0. The van der Waals surface area contributed by atoms with Gasteiger partial charge in [-0.2, -0.15) is 0 Å². The van der Waals surface area contributed by atoms with Crippen LogP contribution in [-0.4, -0.2) is 32.1 Å². The number of rotatable bonds is 5. The van der Waals surface area contributed by atoms with Gasteiger partial charge in [0.15, 0.2) is 0 Å². The van der Waals surface area contributed by atoms with E-state index in [2.05, 4.69) is 35.5 Å². The van der Waals surface area contributed by atoms with Crippen molar-refractivity contribution in [2.75, 3.05) is 25.0 Å². The van der Waals surface area contributed by atoms with E-state index in [1.165, 1.54) is 23.2 Å². The Bertz CT molecular complexity index is 525. The first-order chi connectivity index (χ1) is 10.2. The van der Waals surface area contributed by atoms with Gasteiger partial charge in [-0.1, -0.05) is 12.1 Å². The van der Waals surface area contributed by atoms with Crippen LogP contribution in [0.5, 0.6) is 0 Å². The second-order valence-electron chi connectivity index (χ2n) is 6.41. The van der Waals surface area contributed by atoms with Crippen LogP contribution in [-0.2, 0) is 17.6 Å². The fraction of sp³-hybridized carbons (Fsp3) is 0.588. The number of amides is 1. The first-order valence-electron chi connectivity index (χ1n) is 8.00. The van der Waals surface area contributed by atoms with Gasteiger partial charge < -0.3 is 16.0 Å². The fourth-order valence-corrected chi connectivity index (χ4v) is 3.08. The van der Waals surface area contributed by atoms with Gasteiger partial charge in [-0.05, 0) is 49.3 Å². The molecule has 1 aromatic carbocycles. The third-order valence-electron chi connectivity index (χ3n) is 4.56. The summed E-state index contributed by atoms with van der Waals surface area (Å²) >= 11 is 0. The molecule has 1 unspecified atom stereocenters. The van der Waals surface area contributed by atoms with Gasteiger partial charge >= 0.3 is 0 Å². The predicted molar refractivity (Wildman–Crippen MR) is 85.4 cm³/mol. The number of carbonyl (C=O) groups excluding carboxylic acids is 1. The molecule has 1 aliphatic carbocycles. The smallest absolute Gasteiger partial charge is 0.224 e. The van der Waals surface area contributed by atoms with Crippen molar-refractivity contribution >= 4 is 11.6 Å². The molecule has 3 rings (SSSR count). The quantitative estimate of drug-likeness (QED) is 0.862. The Balaban J connectivity index is 1.69. The highest BCUT2D eigenvalue weighted by atomic mass is 16.2. The van der Waals surface area contributed by atoms with Crippen LogP contribution in [0.1, 0.15) is 30.4 Å². The molecule has 4 heteroatoms.